The Bertz CT molecular complexity index is 954. The van der Waals surface area contributed by atoms with Crippen LogP contribution in [0.2, 0.25) is 0 Å². The van der Waals surface area contributed by atoms with E-state index in [2.05, 4.69) is 15.5 Å². The van der Waals surface area contributed by atoms with Crippen LogP contribution in [0.4, 0.5) is 10.8 Å². The summed E-state index contributed by atoms with van der Waals surface area (Å²) in [7, 11) is 0. The van der Waals surface area contributed by atoms with Crippen LogP contribution in [0, 0.1) is 0 Å². The summed E-state index contributed by atoms with van der Waals surface area (Å²) in [5.41, 5.74) is 1.48. The molecule has 0 radical (unpaired) electrons. The molecule has 1 aromatic carbocycles. The van der Waals surface area contributed by atoms with Gasteiger partial charge in [0.1, 0.15) is 5.76 Å². The van der Waals surface area contributed by atoms with E-state index in [9.17, 15) is 9.59 Å². The summed E-state index contributed by atoms with van der Waals surface area (Å²) >= 11 is 2.77. The molecule has 0 aliphatic carbocycles. The van der Waals surface area contributed by atoms with Crippen molar-refractivity contribution in [1.82, 2.24) is 10.2 Å². The van der Waals surface area contributed by atoms with E-state index in [-0.39, 0.29) is 17.4 Å². The molecular weight excluding hydrogens is 396 g/mol. The van der Waals surface area contributed by atoms with Crippen LogP contribution < -0.4 is 10.2 Å². The number of nitrogens with zero attached hydrogens (tertiary/aromatic N) is 3. The molecule has 0 saturated carbocycles. The van der Waals surface area contributed by atoms with Gasteiger partial charge in [0.05, 0.1) is 18.6 Å². The minimum absolute atomic E-state index is 0.0181. The van der Waals surface area contributed by atoms with Crippen molar-refractivity contribution in [1.29, 1.82) is 0 Å². The normalized spacial score (nSPS) is 13.9. The van der Waals surface area contributed by atoms with Gasteiger partial charge in [-0.3, -0.25) is 9.59 Å². The third kappa shape index (κ3) is 4.42. The second-order valence-electron chi connectivity index (χ2n) is 6.21. The molecule has 0 spiro atoms. The van der Waals surface area contributed by atoms with Crippen LogP contribution >= 0.6 is 23.1 Å². The van der Waals surface area contributed by atoms with Crippen molar-refractivity contribution in [2.24, 2.45) is 0 Å². The van der Waals surface area contributed by atoms with E-state index >= 15 is 0 Å². The highest BCUT2D eigenvalue weighted by Gasteiger charge is 2.21. The van der Waals surface area contributed by atoms with Crippen molar-refractivity contribution >= 4 is 45.6 Å². The van der Waals surface area contributed by atoms with Crippen molar-refractivity contribution in [2.45, 2.75) is 23.7 Å². The number of anilines is 2. The van der Waals surface area contributed by atoms with E-state index in [1.54, 1.807) is 23.3 Å². The summed E-state index contributed by atoms with van der Waals surface area (Å²) in [5.74, 6) is 1.26. The molecule has 1 aliphatic rings. The van der Waals surface area contributed by atoms with Crippen LogP contribution in [0.5, 0.6) is 0 Å². The molecular formula is C19H18N4O3S2. The Kier molecular flexibility index (Phi) is 5.73. The SMILES string of the molecule is O=C(CSc1nnc(NCc2ccco2)s1)c1ccc(N2CCCC2=O)cc1. The molecule has 3 aromatic rings. The largest absolute Gasteiger partial charge is 0.467 e. The fraction of sp³-hybridized carbons (Fsp3) is 0.263. The van der Waals surface area contributed by atoms with Crippen LogP contribution in [0.25, 0.3) is 0 Å². The van der Waals surface area contributed by atoms with Gasteiger partial charge in [-0.1, -0.05) is 23.1 Å². The summed E-state index contributed by atoms with van der Waals surface area (Å²) in [6.07, 6.45) is 3.10. The van der Waals surface area contributed by atoms with Gasteiger partial charge in [0, 0.05) is 24.2 Å². The molecule has 28 heavy (non-hydrogen) atoms. The first-order valence-electron chi connectivity index (χ1n) is 8.85. The summed E-state index contributed by atoms with van der Waals surface area (Å²) in [4.78, 5) is 26.0. The smallest absolute Gasteiger partial charge is 0.227 e. The van der Waals surface area contributed by atoms with Crippen LogP contribution in [0.15, 0.2) is 51.4 Å². The zero-order valence-corrected chi connectivity index (χ0v) is 16.6. The van der Waals surface area contributed by atoms with E-state index in [4.69, 9.17) is 4.42 Å². The maximum absolute atomic E-state index is 12.4. The van der Waals surface area contributed by atoms with Gasteiger partial charge in [0.2, 0.25) is 11.0 Å². The minimum atomic E-state index is 0.0181. The van der Waals surface area contributed by atoms with Crippen LogP contribution in [0.1, 0.15) is 29.0 Å². The number of Topliss-reactive ketones (excluding diaryl/α,β-unsaturated/α-hetero) is 1. The molecule has 1 fully saturated rings. The summed E-state index contributed by atoms with van der Waals surface area (Å²) in [5, 5.41) is 12.0. The number of rotatable bonds is 8. The number of hydrogen-bond acceptors (Lipinski definition) is 8. The lowest BCUT2D eigenvalue weighted by atomic mass is 10.1. The summed E-state index contributed by atoms with van der Waals surface area (Å²) in [6, 6.07) is 10.9. The standard InChI is InChI=1S/C19H18N4O3S2/c24-16(13-5-7-14(8-6-13)23-9-1-4-17(23)25)12-27-19-22-21-18(28-19)20-11-15-3-2-10-26-15/h2-3,5-8,10H,1,4,9,11-12H2,(H,20,21). The van der Waals surface area contributed by atoms with Gasteiger partial charge in [0.25, 0.3) is 0 Å². The van der Waals surface area contributed by atoms with Gasteiger partial charge in [-0.25, -0.2) is 0 Å². The van der Waals surface area contributed by atoms with Gasteiger partial charge in [0.15, 0.2) is 10.1 Å². The van der Waals surface area contributed by atoms with Gasteiger partial charge in [-0.2, -0.15) is 0 Å². The average molecular weight is 415 g/mol. The highest BCUT2D eigenvalue weighted by Crippen LogP contribution is 2.27. The Morgan fingerprint density at radius 1 is 1.25 bits per heavy atom. The number of hydrogen-bond donors (Lipinski definition) is 1. The first kappa shape index (κ1) is 18.7. The number of carbonyl (C=O) groups is 2. The third-order valence-electron chi connectivity index (χ3n) is 4.30. The average Bonchev–Trinajstić information content (AvgIpc) is 3.47. The molecule has 2 aromatic heterocycles. The van der Waals surface area contributed by atoms with Crippen molar-refractivity contribution in [3.8, 4) is 0 Å². The molecule has 7 nitrogen and oxygen atoms in total. The van der Waals surface area contributed by atoms with Crippen LogP contribution in [0.3, 0.4) is 0 Å². The number of thioether (sulfide) groups is 1. The van der Waals surface area contributed by atoms with Crippen LogP contribution in [-0.2, 0) is 11.3 Å². The van der Waals surface area contributed by atoms with Gasteiger partial charge >= 0.3 is 0 Å². The predicted molar refractivity (Wildman–Crippen MR) is 109 cm³/mol. The number of benzene rings is 1. The second-order valence-corrected chi connectivity index (χ2v) is 8.41. The highest BCUT2D eigenvalue weighted by molar-refractivity contribution is 8.01. The Balaban J connectivity index is 1.29. The second kappa shape index (κ2) is 8.57. The lowest BCUT2D eigenvalue weighted by Gasteiger charge is -2.15. The van der Waals surface area contributed by atoms with E-state index in [0.29, 0.717) is 23.7 Å². The number of ketones is 1. The molecule has 1 amide bonds. The Labute approximate surface area is 170 Å². The van der Waals surface area contributed by atoms with Crippen molar-refractivity contribution < 1.29 is 14.0 Å². The number of carbonyl (C=O) groups excluding carboxylic acids is 2. The molecule has 1 N–H and O–H groups in total. The summed E-state index contributed by atoms with van der Waals surface area (Å²) in [6.45, 7) is 1.28. The third-order valence-corrected chi connectivity index (χ3v) is 6.32. The molecule has 1 aliphatic heterocycles. The van der Waals surface area contributed by atoms with Crippen molar-refractivity contribution in [2.75, 3.05) is 22.5 Å². The summed E-state index contributed by atoms with van der Waals surface area (Å²) < 4.78 is 5.99. The topological polar surface area (TPSA) is 88.3 Å². The predicted octanol–water partition coefficient (Wildman–Crippen LogP) is 3.85. The van der Waals surface area contributed by atoms with Crippen LogP contribution in [-0.4, -0.2) is 34.2 Å². The molecule has 1 saturated heterocycles. The lowest BCUT2D eigenvalue weighted by Crippen LogP contribution is -2.23. The Morgan fingerprint density at radius 2 is 2.11 bits per heavy atom. The van der Waals surface area contributed by atoms with E-state index in [0.717, 1.165) is 28.8 Å². The first-order chi connectivity index (χ1) is 13.7. The number of nitrogens with one attached hydrogen (secondary N) is 1. The van der Waals surface area contributed by atoms with Crippen molar-refractivity contribution in [3.63, 3.8) is 0 Å². The lowest BCUT2D eigenvalue weighted by molar-refractivity contribution is -0.117. The van der Waals surface area contributed by atoms with E-state index in [1.807, 2.05) is 24.3 Å². The minimum Gasteiger partial charge on any atom is -0.467 e. The number of amides is 1. The van der Waals surface area contributed by atoms with E-state index < -0.39 is 0 Å². The van der Waals surface area contributed by atoms with E-state index in [1.165, 1.54) is 23.1 Å². The monoisotopic (exact) mass is 414 g/mol. The van der Waals surface area contributed by atoms with Gasteiger partial charge < -0.3 is 14.6 Å². The Hall–Kier alpha value is -2.65. The molecule has 9 heteroatoms. The molecule has 0 unspecified atom stereocenters. The number of aromatic nitrogens is 2. The fourth-order valence-electron chi connectivity index (χ4n) is 2.87. The van der Waals surface area contributed by atoms with Gasteiger partial charge in [-0.15, -0.1) is 10.2 Å². The Morgan fingerprint density at radius 3 is 2.82 bits per heavy atom. The molecule has 4 rings (SSSR count). The zero-order chi connectivity index (χ0) is 19.3. The molecule has 144 valence electrons. The molecule has 0 atom stereocenters. The van der Waals surface area contributed by atoms with Gasteiger partial charge in [-0.05, 0) is 42.8 Å². The maximum Gasteiger partial charge on any atom is 0.227 e. The zero-order valence-electron chi connectivity index (χ0n) is 15.0. The maximum atomic E-state index is 12.4. The fourth-order valence-corrected chi connectivity index (χ4v) is 4.52. The highest BCUT2D eigenvalue weighted by atomic mass is 32.2. The quantitative estimate of drug-likeness (QED) is 0.442. The number of furan rings is 1. The molecule has 0 bridgehead atoms. The first-order valence-corrected chi connectivity index (χ1v) is 10.7. The van der Waals surface area contributed by atoms with Crippen molar-refractivity contribution in [3.05, 3.63) is 54.0 Å². The molecule has 3 heterocycles.